The summed E-state index contributed by atoms with van der Waals surface area (Å²) in [6.45, 7) is 6.62. The van der Waals surface area contributed by atoms with E-state index in [2.05, 4.69) is 15.8 Å². The summed E-state index contributed by atoms with van der Waals surface area (Å²) in [5.74, 6) is -0.610. The molecule has 34 heavy (non-hydrogen) atoms. The Morgan fingerprint density at radius 1 is 0.941 bits per heavy atom. The zero-order valence-corrected chi connectivity index (χ0v) is 20.0. The molecule has 0 aromatic heterocycles. The van der Waals surface area contributed by atoms with E-state index in [4.69, 9.17) is 21.1 Å². The first kappa shape index (κ1) is 24.8. The number of rotatable bonds is 8. The van der Waals surface area contributed by atoms with Crippen molar-refractivity contribution in [1.82, 2.24) is 5.43 Å². The summed E-state index contributed by atoms with van der Waals surface area (Å²) in [7, 11) is 0. The Kier molecular flexibility index (Phi) is 8.65. The molecule has 0 heterocycles. The Morgan fingerprint density at radius 3 is 2.41 bits per heavy atom. The highest BCUT2D eigenvalue weighted by Gasteiger charge is 2.13. The lowest BCUT2D eigenvalue weighted by Crippen LogP contribution is -2.32. The fourth-order valence-corrected chi connectivity index (χ4v) is 3.09. The first-order valence-corrected chi connectivity index (χ1v) is 11.1. The SMILES string of the molecule is CCOc1cc(/C=N/NC(=O)C(=O)Nc2ccc(C)c(Cl)c2)ccc1OCc1ccc(C)cc1. The number of anilines is 1. The molecule has 0 aliphatic carbocycles. The van der Waals surface area contributed by atoms with Gasteiger partial charge >= 0.3 is 11.8 Å². The van der Waals surface area contributed by atoms with Crippen molar-refractivity contribution in [3.8, 4) is 11.5 Å². The summed E-state index contributed by atoms with van der Waals surface area (Å²) in [5.41, 5.74) is 6.39. The molecule has 0 unspecified atom stereocenters. The summed E-state index contributed by atoms with van der Waals surface area (Å²) in [4.78, 5) is 24.1. The molecule has 3 rings (SSSR count). The Labute approximate surface area is 203 Å². The molecule has 2 N–H and O–H groups in total. The molecule has 0 aliphatic heterocycles. The summed E-state index contributed by atoms with van der Waals surface area (Å²) in [5, 5.41) is 6.83. The number of nitrogens with zero attached hydrogens (tertiary/aromatic N) is 1. The molecular formula is C26H26ClN3O4. The van der Waals surface area contributed by atoms with Crippen LogP contribution >= 0.6 is 11.6 Å². The van der Waals surface area contributed by atoms with Crippen LogP contribution in [0.2, 0.25) is 5.02 Å². The van der Waals surface area contributed by atoms with Gasteiger partial charge in [0.2, 0.25) is 0 Å². The zero-order valence-electron chi connectivity index (χ0n) is 19.2. The number of carbonyl (C=O) groups excluding carboxylic acids is 2. The molecule has 3 aromatic carbocycles. The number of halogens is 1. The van der Waals surface area contributed by atoms with Crippen molar-refractivity contribution < 1.29 is 19.1 Å². The maximum atomic E-state index is 12.1. The molecule has 0 aliphatic rings. The van der Waals surface area contributed by atoms with Crippen LogP contribution in [0.15, 0.2) is 65.8 Å². The molecule has 3 aromatic rings. The normalized spacial score (nSPS) is 10.7. The topological polar surface area (TPSA) is 89.0 Å². The van der Waals surface area contributed by atoms with E-state index in [1.165, 1.54) is 11.8 Å². The maximum Gasteiger partial charge on any atom is 0.329 e. The van der Waals surface area contributed by atoms with E-state index in [0.29, 0.717) is 41.0 Å². The second kappa shape index (κ2) is 11.9. The average Bonchev–Trinajstić information content (AvgIpc) is 2.82. The van der Waals surface area contributed by atoms with Gasteiger partial charge in [-0.05, 0) is 67.8 Å². The number of benzene rings is 3. The molecular weight excluding hydrogens is 454 g/mol. The number of carbonyl (C=O) groups is 2. The third-order valence-corrected chi connectivity index (χ3v) is 5.21. The van der Waals surface area contributed by atoms with Gasteiger partial charge < -0.3 is 14.8 Å². The fourth-order valence-electron chi connectivity index (χ4n) is 2.91. The molecule has 0 saturated heterocycles. The molecule has 176 valence electrons. The van der Waals surface area contributed by atoms with Gasteiger partial charge in [-0.3, -0.25) is 9.59 Å². The zero-order chi connectivity index (χ0) is 24.5. The van der Waals surface area contributed by atoms with Gasteiger partial charge in [-0.1, -0.05) is 47.5 Å². The van der Waals surface area contributed by atoms with Gasteiger partial charge in [-0.25, -0.2) is 5.43 Å². The predicted molar refractivity (Wildman–Crippen MR) is 134 cm³/mol. The van der Waals surface area contributed by atoms with Crippen LogP contribution in [-0.4, -0.2) is 24.6 Å². The predicted octanol–water partition coefficient (Wildman–Crippen LogP) is 5.02. The second-order valence-electron chi connectivity index (χ2n) is 7.53. The molecule has 0 bridgehead atoms. The van der Waals surface area contributed by atoms with Crippen LogP contribution < -0.4 is 20.2 Å². The van der Waals surface area contributed by atoms with Gasteiger partial charge in [0.15, 0.2) is 11.5 Å². The number of hydrazone groups is 1. The van der Waals surface area contributed by atoms with Crippen LogP contribution in [0.1, 0.15) is 29.2 Å². The van der Waals surface area contributed by atoms with E-state index in [0.717, 1.165) is 11.1 Å². The van der Waals surface area contributed by atoms with Crippen molar-refractivity contribution in [3.05, 3.63) is 87.9 Å². The van der Waals surface area contributed by atoms with Crippen molar-refractivity contribution in [1.29, 1.82) is 0 Å². The van der Waals surface area contributed by atoms with Gasteiger partial charge in [-0.15, -0.1) is 0 Å². The average molecular weight is 480 g/mol. The van der Waals surface area contributed by atoms with Crippen molar-refractivity contribution in [2.45, 2.75) is 27.4 Å². The van der Waals surface area contributed by atoms with E-state index in [-0.39, 0.29) is 0 Å². The molecule has 8 heteroatoms. The fraction of sp³-hybridized carbons (Fsp3) is 0.192. The van der Waals surface area contributed by atoms with E-state index in [1.807, 2.05) is 45.0 Å². The molecule has 2 amide bonds. The van der Waals surface area contributed by atoms with Crippen LogP contribution in [0.5, 0.6) is 11.5 Å². The monoisotopic (exact) mass is 479 g/mol. The minimum atomic E-state index is -0.906. The lowest BCUT2D eigenvalue weighted by molar-refractivity contribution is -0.136. The first-order chi connectivity index (χ1) is 16.4. The van der Waals surface area contributed by atoms with E-state index in [9.17, 15) is 9.59 Å². The van der Waals surface area contributed by atoms with Crippen molar-refractivity contribution in [2.75, 3.05) is 11.9 Å². The minimum Gasteiger partial charge on any atom is -0.490 e. The smallest absolute Gasteiger partial charge is 0.329 e. The quantitative estimate of drug-likeness (QED) is 0.269. The number of ether oxygens (including phenoxy) is 2. The molecule has 0 fully saturated rings. The Hall–Kier alpha value is -3.84. The van der Waals surface area contributed by atoms with Crippen molar-refractivity contribution in [2.24, 2.45) is 5.10 Å². The van der Waals surface area contributed by atoms with Crippen LogP contribution in [0.3, 0.4) is 0 Å². The number of amides is 2. The lowest BCUT2D eigenvalue weighted by atomic mass is 10.2. The Morgan fingerprint density at radius 2 is 1.71 bits per heavy atom. The molecule has 0 atom stereocenters. The first-order valence-electron chi connectivity index (χ1n) is 10.7. The number of hydrogen-bond donors (Lipinski definition) is 2. The number of hydrogen-bond acceptors (Lipinski definition) is 5. The summed E-state index contributed by atoms with van der Waals surface area (Å²) in [6, 6.07) is 18.4. The lowest BCUT2D eigenvalue weighted by Gasteiger charge is -2.12. The summed E-state index contributed by atoms with van der Waals surface area (Å²) < 4.78 is 11.6. The highest BCUT2D eigenvalue weighted by molar-refractivity contribution is 6.39. The van der Waals surface area contributed by atoms with Gasteiger partial charge in [0.05, 0.1) is 12.8 Å². The van der Waals surface area contributed by atoms with Crippen LogP contribution in [0, 0.1) is 13.8 Å². The van der Waals surface area contributed by atoms with Crippen molar-refractivity contribution >= 4 is 35.3 Å². The Bertz CT molecular complexity index is 1190. The standard InChI is InChI=1S/C26H26ClN3O4/c1-4-33-24-13-20(10-12-23(24)34-16-19-8-5-17(2)6-9-19)15-28-30-26(32)25(31)29-21-11-7-18(3)22(27)14-21/h5-15H,4,16H2,1-3H3,(H,29,31)(H,30,32)/b28-15+. The van der Waals surface area contributed by atoms with Gasteiger partial charge in [-0.2, -0.15) is 5.10 Å². The highest BCUT2D eigenvalue weighted by atomic mass is 35.5. The third-order valence-electron chi connectivity index (χ3n) is 4.80. The highest BCUT2D eigenvalue weighted by Crippen LogP contribution is 2.29. The largest absolute Gasteiger partial charge is 0.490 e. The van der Waals surface area contributed by atoms with Crippen LogP contribution in [0.4, 0.5) is 5.69 Å². The number of nitrogens with one attached hydrogen (secondary N) is 2. The molecule has 0 spiro atoms. The maximum absolute atomic E-state index is 12.1. The van der Waals surface area contributed by atoms with Gasteiger partial charge in [0.1, 0.15) is 6.61 Å². The van der Waals surface area contributed by atoms with E-state index >= 15 is 0 Å². The molecule has 7 nitrogen and oxygen atoms in total. The number of aryl methyl sites for hydroxylation is 2. The Balaban J connectivity index is 1.59. The van der Waals surface area contributed by atoms with Crippen molar-refractivity contribution in [3.63, 3.8) is 0 Å². The van der Waals surface area contributed by atoms with Gasteiger partial charge in [0.25, 0.3) is 0 Å². The second-order valence-corrected chi connectivity index (χ2v) is 7.94. The minimum absolute atomic E-state index is 0.408. The van der Waals surface area contributed by atoms with Gasteiger partial charge in [0, 0.05) is 10.7 Å². The van der Waals surface area contributed by atoms with E-state index < -0.39 is 11.8 Å². The van der Waals surface area contributed by atoms with Crippen LogP contribution in [-0.2, 0) is 16.2 Å². The van der Waals surface area contributed by atoms with Crippen LogP contribution in [0.25, 0.3) is 0 Å². The third kappa shape index (κ3) is 7.08. The summed E-state index contributed by atoms with van der Waals surface area (Å²) in [6.07, 6.45) is 1.42. The molecule has 0 radical (unpaired) electrons. The van der Waals surface area contributed by atoms with E-state index in [1.54, 1.807) is 36.4 Å². The summed E-state index contributed by atoms with van der Waals surface area (Å²) >= 11 is 6.04. The molecule has 0 saturated carbocycles.